The molecule has 5 nitrogen and oxygen atoms in total. The largest absolute Gasteiger partial charge is 0.480 e. The minimum atomic E-state index is -0.849. The Labute approximate surface area is 98.2 Å². The van der Waals surface area contributed by atoms with Crippen LogP contribution in [0.25, 0.3) is 0 Å². The number of rotatable bonds is 2. The lowest BCUT2D eigenvalue weighted by atomic mass is 9.95. The lowest BCUT2D eigenvalue weighted by Gasteiger charge is -2.22. The molecule has 2 rings (SSSR count). The number of hydrogen-bond donors (Lipinski definition) is 2. The third-order valence-corrected chi connectivity index (χ3v) is 2.56. The topological polar surface area (TPSA) is 78.8 Å². The molecule has 0 spiro atoms. The highest BCUT2D eigenvalue weighted by Gasteiger charge is 2.23. The second-order valence-electron chi connectivity index (χ2n) is 3.52. The summed E-state index contributed by atoms with van der Waals surface area (Å²) in [7, 11) is 0. The molecule has 0 amide bonds. The zero-order valence-electron chi connectivity index (χ0n) is 8.34. The highest BCUT2D eigenvalue weighted by molar-refractivity contribution is 5.85. The molecule has 16 heavy (non-hydrogen) atoms. The van der Waals surface area contributed by atoms with Crippen molar-refractivity contribution in [1.82, 2.24) is 5.32 Å². The van der Waals surface area contributed by atoms with E-state index in [0.29, 0.717) is 18.7 Å². The second-order valence-corrected chi connectivity index (χ2v) is 3.52. The Morgan fingerprint density at radius 2 is 2.19 bits per heavy atom. The van der Waals surface area contributed by atoms with Crippen LogP contribution in [0.3, 0.4) is 0 Å². The maximum absolute atomic E-state index is 10.8. The third kappa shape index (κ3) is 2.37. The zero-order valence-corrected chi connectivity index (χ0v) is 9.16. The highest BCUT2D eigenvalue weighted by atomic mass is 35.5. The van der Waals surface area contributed by atoms with Gasteiger partial charge in [0.15, 0.2) is 0 Å². The van der Waals surface area contributed by atoms with Gasteiger partial charge in [0.25, 0.3) is 0 Å². The van der Waals surface area contributed by atoms with Crippen LogP contribution in [0.4, 0.5) is 5.69 Å². The van der Waals surface area contributed by atoms with Gasteiger partial charge in [-0.15, -0.1) is 17.3 Å². The monoisotopic (exact) mass is 242 g/mol. The minimum absolute atomic E-state index is 0. The van der Waals surface area contributed by atoms with E-state index in [1.807, 2.05) is 0 Å². The van der Waals surface area contributed by atoms with E-state index in [0.717, 1.165) is 11.1 Å². The van der Waals surface area contributed by atoms with E-state index in [9.17, 15) is 9.70 Å². The molecule has 1 aliphatic rings. The molecule has 1 aliphatic heterocycles. The predicted octanol–water partition coefficient (Wildman–Crippen LogP) is 1.61. The highest BCUT2D eigenvalue weighted by Crippen LogP contribution is 2.22. The van der Waals surface area contributed by atoms with Crippen molar-refractivity contribution in [2.75, 3.05) is 0 Å². The lowest BCUT2D eigenvalue weighted by Crippen LogP contribution is -2.41. The third-order valence-electron chi connectivity index (χ3n) is 2.56. The van der Waals surface area contributed by atoms with Gasteiger partial charge in [0.05, 0.1) is 0 Å². The molecular weight excluding hydrogens is 232 g/mol. The lowest BCUT2D eigenvalue weighted by molar-refractivity contribution is -0.139. The Morgan fingerprint density at radius 3 is 2.81 bits per heavy atom. The van der Waals surface area contributed by atoms with Crippen LogP contribution in [0.1, 0.15) is 11.1 Å². The zero-order chi connectivity index (χ0) is 10.8. The van der Waals surface area contributed by atoms with E-state index in [2.05, 4.69) is 10.5 Å². The van der Waals surface area contributed by atoms with Crippen molar-refractivity contribution in [1.29, 1.82) is 0 Å². The summed E-state index contributed by atoms with van der Waals surface area (Å²) in [5, 5.41) is 14.6. The predicted molar refractivity (Wildman–Crippen MR) is 61.1 cm³/mol. The van der Waals surface area contributed by atoms with Crippen LogP contribution in [-0.4, -0.2) is 17.1 Å². The Balaban J connectivity index is 0.00000128. The number of aliphatic carboxylic acids is 1. The van der Waals surface area contributed by atoms with Gasteiger partial charge in [-0.25, -0.2) is 0 Å². The van der Waals surface area contributed by atoms with Crippen LogP contribution < -0.4 is 5.32 Å². The maximum Gasteiger partial charge on any atom is 0.321 e. The Morgan fingerprint density at radius 1 is 1.44 bits per heavy atom. The molecule has 0 saturated heterocycles. The molecule has 1 unspecified atom stereocenters. The van der Waals surface area contributed by atoms with Gasteiger partial charge >= 0.3 is 5.97 Å². The van der Waals surface area contributed by atoms with Gasteiger partial charge in [0, 0.05) is 6.54 Å². The maximum atomic E-state index is 10.8. The molecule has 0 radical (unpaired) electrons. The number of carboxylic acid groups (broad SMARTS) is 1. The molecule has 0 bridgehead atoms. The summed E-state index contributed by atoms with van der Waals surface area (Å²) in [5.41, 5.74) is 2.29. The minimum Gasteiger partial charge on any atom is -0.480 e. The number of nitrogens with zero attached hydrogens (tertiary/aromatic N) is 1. The average Bonchev–Trinajstić information content (AvgIpc) is 2.27. The first-order chi connectivity index (χ1) is 7.20. The Kier molecular flexibility index (Phi) is 3.98. The molecule has 2 N–H and O–H groups in total. The van der Waals surface area contributed by atoms with Crippen LogP contribution in [-0.2, 0) is 17.8 Å². The van der Waals surface area contributed by atoms with Crippen molar-refractivity contribution in [2.45, 2.75) is 19.0 Å². The fourth-order valence-electron chi connectivity index (χ4n) is 1.73. The summed E-state index contributed by atoms with van der Waals surface area (Å²) in [4.78, 5) is 21.1. The Bertz CT molecular complexity index is 423. The first kappa shape index (κ1) is 12.6. The van der Waals surface area contributed by atoms with Gasteiger partial charge in [0.2, 0.25) is 0 Å². The molecule has 1 atom stereocenters. The summed E-state index contributed by atoms with van der Waals surface area (Å²) in [6.07, 6.45) is 0.448. The van der Waals surface area contributed by atoms with Gasteiger partial charge in [-0.1, -0.05) is 6.07 Å². The summed E-state index contributed by atoms with van der Waals surface area (Å²) in [6, 6.07) is 4.53. The van der Waals surface area contributed by atoms with Crippen molar-refractivity contribution < 1.29 is 9.90 Å². The summed E-state index contributed by atoms with van der Waals surface area (Å²) < 4.78 is 0. The number of carbonyl (C=O) groups is 1. The molecule has 0 aromatic heterocycles. The van der Waals surface area contributed by atoms with E-state index in [1.165, 1.54) is 0 Å². The number of nitrogens with one attached hydrogen (secondary N) is 1. The second kappa shape index (κ2) is 5.05. The molecule has 0 fully saturated rings. The van der Waals surface area contributed by atoms with Gasteiger partial charge in [-0.3, -0.25) is 4.79 Å². The molecule has 1 heterocycles. The smallest absolute Gasteiger partial charge is 0.321 e. The van der Waals surface area contributed by atoms with Crippen molar-refractivity contribution in [2.24, 2.45) is 5.18 Å². The molecule has 0 aliphatic carbocycles. The quantitative estimate of drug-likeness (QED) is 0.773. The molecule has 1 aromatic rings. The average molecular weight is 243 g/mol. The molecule has 6 heteroatoms. The van der Waals surface area contributed by atoms with E-state index in [1.54, 1.807) is 18.2 Å². The fraction of sp³-hybridized carbons (Fsp3) is 0.300. The normalized spacial score (nSPS) is 18.1. The molecular formula is C10H11ClN2O3. The van der Waals surface area contributed by atoms with Crippen LogP contribution in [0.5, 0.6) is 0 Å². The number of carboxylic acids is 1. The summed E-state index contributed by atoms with van der Waals surface area (Å²) in [6.45, 7) is 0.468. The van der Waals surface area contributed by atoms with Crippen LogP contribution >= 0.6 is 12.4 Å². The van der Waals surface area contributed by atoms with E-state index < -0.39 is 12.0 Å². The molecule has 1 aromatic carbocycles. The number of fused-ring (bicyclic) bond motifs is 1. The first-order valence-electron chi connectivity index (χ1n) is 4.62. The van der Waals surface area contributed by atoms with E-state index in [4.69, 9.17) is 5.11 Å². The fourth-order valence-corrected chi connectivity index (χ4v) is 1.73. The van der Waals surface area contributed by atoms with Gasteiger partial charge in [-0.05, 0) is 34.9 Å². The first-order valence-corrected chi connectivity index (χ1v) is 4.62. The van der Waals surface area contributed by atoms with Crippen LogP contribution in [0.2, 0.25) is 0 Å². The van der Waals surface area contributed by atoms with Gasteiger partial charge in [-0.2, -0.15) is 0 Å². The standard InChI is InChI=1S/C10H10N2O3.ClH/c13-10(14)9-4-6-1-2-8(12-15)3-7(6)5-11-9;/h1-3,9,11H,4-5H2,(H,13,14);1H. The van der Waals surface area contributed by atoms with E-state index in [-0.39, 0.29) is 12.4 Å². The van der Waals surface area contributed by atoms with Crippen LogP contribution in [0, 0.1) is 4.91 Å². The van der Waals surface area contributed by atoms with Crippen molar-refractivity contribution >= 4 is 24.1 Å². The van der Waals surface area contributed by atoms with Crippen molar-refractivity contribution in [3.63, 3.8) is 0 Å². The Hall–Kier alpha value is -1.46. The van der Waals surface area contributed by atoms with Gasteiger partial charge in [0.1, 0.15) is 11.7 Å². The van der Waals surface area contributed by atoms with Gasteiger partial charge < -0.3 is 10.4 Å². The number of nitroso groups, excluding NO2 is 1. The number of halogens is 1. The summed E-state index contributed by atoms with van der Waals surface area (Å²) in [5.74, 6) is -0.849. The van der Waals surface area contributed by atoms with Crippen molar-refractivity contribution in [3.8, 4) is 0 Å². The SMILES string of the molecule is Cl.O=Nc1ccc2c(c1)CNC(C(=O)O)C2. The number of hydrogen-bond acceptors (Lipinski definition) is 4. The van der Waals surface area contributed by atoms with E-state index >= 15 is 0 Å². The molecule has 86 valence electrons. The van der Waals surface area contributed by atoms with Crippen molar-refractivity contribution in [3.05, 3.63) is 34.2 Å². The number of benzene rings is 1. The van der Waals surface area contributed by atoms with Crippen LogP contribution in [0.15, 0.2) is 23.4 Å². The molecule has 0 saturated carbocycles. The summed E-state index contributed by atoms with van der Waals surface area (Å²) >= 11 is 0.